The van der Waals surface area contributed by atoms with Gasteiger partial charge in [-0.1, -0.05) is 25.7 Å². The second-order valence-corrected chi connectivity index (χ2v) is 4.84. The second kappa shape index (κ2) is 5.76. The van der Waals surface area contributed by atoms with E-state index in [9.17, 15) is 0 Å². The van der Waals surface area contributed by atoms with E-state index in [1.54, 1.807) is 0 Å². The van der Waals surface area contributed by atoms with Gasteiger partial charge in [0.1, 0.15) is 17.5 Å². The van der Waals surface area contributed by atoms with Crippen LogP contribution in [-0.2, 0) is 0 Å². The van der Waals surface area contributed by atoms with Gasteiger partial charge in [-0.2, -0.15) is 10.4 Å². The maximum Gasteiger partial charge on any atom is 0.168 e. The summed E-state index contributed by atoms with van der Waals surface area (Å²) in [5.41, 5.74) is 6.55. The quantitative estimate of drug-likeness (QED) is 0.805. The summed E-state index contributed by atoms with van der Waals surface area (Å²) in [6, 6.07) is 2.51. The predicted molar refractivity (Wildman–Crippen MR) is 72.3 cm³/mol. The molecule has 1 aliphatic carbocycles. The van der Waals surface area contributed by atoms with Gasteiger partial charge in [0, 0.05) is 6.54 Å². The molecule has 1 fully saturated rings. The average Bonchev–Trinajstić information content (AvgIpc) is 2.58. The number of nitrogens with one attached hydrogen (secondary N) is 1. The van der Waals surface area contributed by atoms with Crippen molar-refractivity contribution in [2.75, 3.05) is 17.6 Å². The Morgan fingerprint density at radius 3 is 2.61 bits per heavy atom. The molecule has 0 saturated heterocycles. The van der Waals surface area contributed by atoms with Gasteiger partial charge in [0.2, 0.25) is 0 Å². The maximum atomic E-state index is 9.17. The van der Waals surface area contributed by atoms with Crippen LogP contribution in [0.15, 0.2) is 0 Å². The highest BCUT2D eigenvalue weighted by Crippen LogP contribution is 2.31. The van der Waals surface area contributed by atoms with Gasteiger partial charge in [0.15, 0.2) is 5.82 Å². The van der Waals surface area contributed by atoms with Crippen LogP contribution < -0.4 is 11.1 Å². The molecule has 18 heavy (non-hydrogen) atoms. The number of hydrogen-bond acceptors (Lipinski definition) is 4. The molecule has 0 atom stereocenters. The Hall–Kier alpha value is -1.70. The Morgan fingerprint density at radius 2 is 2.06 bits per heavy atom. The fourth-order valence-electron chi connectivity index (χ4n) is 2.63. The summed E-state index contributed by atoms with van der Waals surface area (Å²) in [4.78, 5) is 0. The summed E-state index contributed by atoms with van der Waals surface area (Å²) in [7, 11) is 0. The Morgan fingerprint density at radius 1 is 1.39 bits per heavy atom. The van der Waals surface area contributed by atoms with E-state index in [1.807, 2.05) is 11.6 Å². The zero-order valence-electron chi connectivity index (χ0n) is 10.9. The van der Waals surface area contributed by atoms with Crippen LogP contribution in [0.4, 0.5) is 11.6 Å². The van der Waals surface area contributed by atoms with Crippen molar-refractivity contribution in [2.24, 2.45) is 0 Å². The molecule has 2 rings (SSSR count). The van der Waals surface area contributed by atoms with Crippen LogP contribution in [0.25, 0.3) is 0 Å². The van der Waals surface area contributed by atoms with Crippen LogP contribution in [0, 0.1) is 11.3 Å². The number of hydrogen-bond donors (Lipinski definition) is 2. The van der Waals surface area contributed by atoms with Crippen LogP contribution >= 0.6 is 0 Å². The number of nitrogens with zero attached hydrogens (tertiary/aromatic N) is 3. The normalized spacial score (nSPS) is 17.1. The monoisotopic (exact) mass is 247 g/mol. The summed E-state index contributed by atoms with van der Waals surface area (Å²) in [6.45, 7) is 2.73. The van der Waals surface area contributed by atoms with Gasteiger partial charge in [0.25, 0.3) is 0 Å². The third-order valence-electron chi connectivity index (χ3n) is 3.57. The first-order valence-electron chi connectivity index (χ1n) is 6.79. The van der Waals surface area contributed by atoms with Gasteiger partial charge >= 0.3 is 0 Å². The summed E-state index contributed by atoms with van der Waals surface area (Å²) >= 11 is 0. The maximum absolute atomic E-state index is 9.17. The van der Waals surface area contributed by atoms with Gasteiger partial charge in [-0.05, 0) is 19.8 Å². The van der Waals surface area contributed by atoms with Gasteiger partial charge < -0.3 is 11.1 Å². The van der Waals surface area contributed by atoms with Crippen molar-refractivity contribution in [2.45, 2.75) is 51.5 Å². The zero-order valence-corrected chi connectivity index (χ0v) is 10.9. The molecule has 1 aliphatic rings. The van der Waals surface area contributed by atoms with E-state index < -0.39 is 0 Å². The lowest BCUT2D eigenvalue weighted by atomic mass is 10.1. The number of rotatable bonds is 3. The molecule has 0 spiro atoms. The summed E-state index contributed by atoms with van der Waals surface area (Å²) < 4.78 is 1.86. The number of nitriles is 1. The molecule has 0 bridgehead atoms. The molecule has 98 valence electrons. The second-order valence-electron chi connectivity index (χ2n) is 4.84. The van der Waals surface area contributed by atoms with E-state index in [2.05, 4.69) is 16.5 Å². The third kappa shape index (κ3) is 2.42. The minimum Gasteiger partial charge on any atom is -0.383 e. The van der Waals surface area contributed by atoms with Gasteiger partial charge in [-0.3, -0.25) is 0 Å². The third-order valence-corrected chi connectivity index (χ3v) is 3.57. The molecule has 0 unspecified atom stereocenters. The fourth-order valence-corrected chi connectivity index (χ4v) is 2.63. The Kier molecular flexibility index (Phi) is 4.08. The molecule has 0 amide bonds. The van der Waals surface area contributed by atoms with Crippen molar-refractivity contribution >= 4 is 11.6 Å². The molecule has 1 aromatic heterocycles. The van der Waals surface area contributed by atoms with E-state index in [1.165, 1.54) is 25.7 Å². The lowest BCUT2D eigenvalue weighted by molar-refractivity contribution is 0.412. The number of aromatic nitrogens is 2. The van der Waals surface area contributed by atoms with E-state index in [4.69, 9.17) is 11.0 Å². The van der Waals surface area contributed by atoms with Crippen LogP contribution in [0.3, 0.4) is 0 Å². The Bertz CT molecular complexity index is 435. The zero-order chi connectivity index (χ0) is 13.0. The topological polar surface area (TPSA) is 79.7 Å². The van der Waals surface area contributed by atoms with Crippen molar-refractivity contribution < 1.29 is 0 Å². The first kappa shape index (κ1) is 12.7. The van der Waals surface area contributed by atoms with Crippen molar-refractivity contribution in [3.63, 3.8) is 0 Å². The van der Waals surface area contributed by atoms with Crippen LogP contribution in [0.5, 0.6) is 0 Å². The highest BCUT2D eigenvalue weighted by Gasteiger charge is 2.22. The minimum absolute atomic E-state index is 0.354. The molecular weight excluding hydrogens is 226 g/mol. The Labute approximate surface area is 108 Å². The smallest absolute Gasteiger partial charge is 0.168 e. The molecule has 0 aliphatic heterocycles. The molecule has 5 nitrogen and oxygen atoms in total. The molecule has 1 aromatic rings. The predicted octanol–water partition coefficient (Wildman–Crippen LogP) is 2.66. The van der Waals surface area contributed by atoms with Crippen LogP contribution in [0.1, 0.15) is 57.1 Å². The van der Waals surface area contributed by atoms with Gasteiger partial charge in [-0.15, -0.1) is 0 Å². The summed E-state index contributed by atoms with van der Waals surface area (Å²) in [5.74, 6) is 1.14. The molecule has 1 heterocycles. The number of anilines is 2. The lowest BCUT2D eigenvalue weighted by Gasteiger charge is -2.15. The molecule has 0 aromatic carbocycles. The molecule has 3 N–H and O–H groups in total. The molecule has 1 saturated carbocycles. The largest absolute Gasteiger partial charge is 0.383 e. The van der Waals surface area contributed by atoms with Gasteiger partial charge in [-0.25, -0.2) is 4.68 Å². The van der Waals surface area contributed by atoms with E-state index in [0.717, 1.165) is 19.4 Å². The van der Waals surface area contributed by atoms with E-state index >= 15 is 0 Å². The first-order chi connectivity index (χ1) is 8.77. The molecule has 5 heteroatoms. The van der Waals surface area contributed by atoms with Crippen molar-refractivity contribution in [1.82, 2.24) is 9.78 Å². The fraction of sp³-hybridized carbons (Fsp3) is 0.692. The van der Waals surface area contributed by atoms with Crippen LogP contribution in [-0.4, -0.2) is 16.3 Å². The summed E-state index contributed by atoms with van der Waals surface area (Å²) in [6.07, 6.45) is 7.26. The molecular formula is C13H21N5. The van der Waals surface area contributed by atoms with Gasteiger partial charge in [0.05, 0.1) is 6.04 Å². The average molecular weight is 247 g/mol. The van der Waals surface area contributed by atoms with Crippen LogP contribution in [0.2, 0.25) is 0 Å². The SMILES string of the molecule is CCNc1nn(C2CCCCCC2)c(N)c1C#N. The highest BCUT2D eigenvalue weighted by atomic mass is 15.4. The highest BCUT2D eigenvalue weighted by molar-refractivity contribution is 5.63. The standard InChI is InChI=1S/C13H21N5/c1-2-16-13-11(9-14)12(15)18(17-13)10-7-5-3-4-6-8-10/h10H,2-8,15H2,1H3,(H,16,17). The molecule has 0 radical (unpaired) electrons. The van der Waals surface area contributed by atoms with Crippen molar-refractivity contribution in [3.8, 4) is 6.07 Å². The number of nitrogens with two attached hydrogens (primary N) is 1. The lowest BCUT2D eigenvalue weighted by Crippen LogP contribution is -2.13. The Balaban J connectivity index is 2.29. The minimum atomic E-state index is 0.354. The van der Waals surface area contributed by atoms with E-state index in [-0.39, 0.29) is 0 Å². The summed E-state index contributed by atoms with van der Waals surface area (Å²) in [5, 5.41) is 16.8. The van der Waals surface area contributed by atoms with Crippen molar-refractivity contribution in [1.29, 1.82) is 5.26 Å². The number of nitrogen functional groups attached to an aromatic ring is 1. The van der Waals surface area contributed by atoms with Crippen molar-refractivity contribution in [3.05, 3.63) is 5.56 Å². The first-order valence-corrected chi connectivity index (χ1v) is 6.79. The van der Waals surface area contributed by atoms with E-state index in [0.29, 0.717) is 23.2 Å².